The number of ether oxygens (including phenoxy) is 3. The lowest BCUT2D eigenvalue weighted by atomic mass is 10.0. The number of allylic oxidation sites excluding steroid dienone is 12. The van der Waals surface area contributed by atoms with E-state index in [1.807, 2.05) is 6.08 Å². The van der Waals surface area contributed by atoms with Crippen LogP contribution in [-0.2, 0) is 28.6 Å². The maximum atomic E-state index is 12.8. The zero-order chi connectivity index (χ0) is 45.8. The summed E-state index contributed by atoms with van der Waals surface area (Å²) in [7, 11) is 0. The van der Waals surface area contributed by atoms with Gasteiger partial charge >= 0.3 is 17.9 Å². The van der Waals surface area contributed by atoms with E-state index in [1.54, 1.807) is 0 Å². The predicted molar refractivity (Wildman–Crippen MR) is 270 cm³/mol. The van der Waals surface area contributed by atoms with Crippen LogP contribution in [0, 0.1) is 0 Å². The van der Waals surface area contributed by atoms with Crippen LogP contribution in [0.15, 0.2) is 72.9 Å². The van der Waals surface area contributed by atoms with Crippen LogP contribution in [0.5, 0.6) is 0 Å². The van der Waals surface area contributed by atoms with Crippen molar-refractivity contribution < 1.29 is 28.6 Å². The molecule has 0 aliphatic carbocycles. The first-order valence-corrected chi connectivity index (χ1v) is 26.4. The van der Waals surface area contributed by atoms with Gasteiger partial charge in [-0.3, -0.25) is 14.4 Å². The van der Waals surface area contributed by atoms with Crippen molar-refractivity contribution in [2.45, 2.75) is 258 Å². The van der Waals surface area contributed by atoms with E-state index in [0.717, 1.165) is 77.0 Å². The van der Waals surface area contributed by atoms with Gasteiger partial charge in [0.1, 0.15) is 13.2 Å². The van der Waals surface area contributed by atoms with Crippen LogP contribution in [0.2, 0.25) is 0 Å². The predicted octanol–water partition coefficient (Wildman–Crippen LogP) is 17.4. The van der Waals surface area contributed by atoms with Crippen molar-refractivity contribution >= 4 is 17.9 Å². The molecule has 0 aromatic rings. The van der Waals surface area contributed by atoms with Gasteiger partial charge in [0.15, 0.2) is 6.10 Å². The number of hydrogen-bond acceptors (Lipinski definition) is 6. The van der Waals surface area contributed by atoms with Crippen LogP contribution in [0.25, 0.3) is 0 Å². The second-order valence-corrected chi connectivity index (χ2v) is 17.4. The molecule has 6 heteroatoms. The van der Waals surface area contributed by atoms with Gasteiger partial charge in [-0.05, 0) is 57.8 Å². The molecular weight excluding hydrogens is 781 g/mol. The third kappa shape index (κ3) is 49.7. The molecule has 6 nitrogen and oxygen atoms in total. The summed E-state index contributed by atoms with van der Waals surface area (Å²) in [4.78, 5) is 37.9. The molecule has 0 N–H and O–H groups in total. The SMILES string of the molecule is CC/C=C/C/C=C/C/C=C/C/C=C/C/C=C/C/C=C/CCC(=O)OC[C@@H](COC(=O)CCCCCCCCCCCCCCC)OC(=O)CCCCCCCCCCCCCCC. The number of unbranched alkanes of at least 4 members (excludes halogenated alkanes) is 24. The lowest BCUT2D eigenvalue weighted by Gasteiger charge is -2.18. The van der Waals surface area contributed by atoms with Gasteiger partial charge in [0.2, 0.25) is 0 Å². The van der Waals surface area contributed by atoms with E-state index in [2.05, 4.69) is 87.6 Å². The molecule has 0 saturated heterocycles. The molecule has 1 atom stereocenters. The Kier molecular flexibility index (Phi) is 48.9. The monoisotopic (exact) mass is 879 g/mol. The van der Waals surface area contributed by atoms with E-state index in [4.69, 9.17) is 14.2 Å². The molecular formula is C57H98O6. The van der Waals surface area contributed by atoms with Crippen molar-refractivity contribution in [3.05, 3.63) is 72.9 Å². The van der Waals surface area contributed by atoms with Crippen LogP contribution in [-0.4, -0.2) is 37.2 Å². The summed E-state index contributed by atoms with van der Waals surface area (Å²) in [5, 5.41) is 0. The molecule has 63 heavy (non-hydrogen) atoms. The molecule has 0 unspecified atom stereocenters. The van der Waals surface area contributed by atoms with Crippen LogP contribution in [0.4, 0.5) is 0 Å². The van der Waals surface area contributed by atoms with Gasteiger partial charge in [0.05, 0.1) is 0 Å². The van der Waals surface area contributed by atoms with Crippen LogP contribution in [0.3, 0.4) is 0 Å². The van der Waals surface area contributed by atoms with Gasteiger partial charge in [-0.25, -0.2) is 0 Å². The number of rotatable bonds is 47. The fourth-order valence-electron chi connectivity index (χ4n) is 7.29. The number of carbonyl (C=O) groups excluding carboxylic acids is 3. The fraction of sp³-hybridized carbons (Fsp3) is 0.737. The Bertz CT molecular complexity index is 1190. The summed E-state index contributed by atoms with van der Waals surface area (Å²) in [6, 6.07) is 0. The first kappa shape index (κ1) is 59.9. The molecule has 362 valence electrons. The number of carbonyl (C=O) groups is 3. The summed E-state index contributed by atoms with van der Waals surface area (Å²) < 4.78 is 16.7. The average Bonchev–Trinajstić information content (AvgIpc) is 3.28. The van der Waals surface area contributed by atoms with Gasteiger partial charge in [-0.15, -0.1) is 0 Å². The van der Waals surface area contributed by atoms with E-state index >= 15 is 0 Å². The van der Waals surface area contributed by atoms with Gasteiger partial charge in [-0.1, -0.05) is 248 Å². The van der Waals surface area contributed by atoms with E-state index in [0.29, 0.717) is 19.3 Å². The minimum absolute atomic E-state index is 0.0952. The lowest BCUT2D eigenvalue weighted by Crippen LogP contribution is -2.30. The van der Waals surface area contributed by atoms with Gasteiger partial charge in [0, 0.05) is 19.3 Å². The second-order valence-electron chi connectivity index (χ2n) is 17.4. The first-order valence-electron chi connectivity index (χ1n) is 26.4. The highest BCUT2D eigenvalue weighted by Gasteiger charge is 2.19. The molecule has 0 radical (unpaired) electrons. The third-order valence-corrected chi connectivity index (χ3v) is 11.2. The van der Waals surface area contributed by atoms with Crippen LogP contribution in [0.1, 0.15) is 252 Å². The zero-order valence-corrected chi connectivity index (χ0v) is 41.3. The molecule has 0 aromatic carbocycles. The molecule has 0 saturated carbocycles. The average molecular weight is 879 g/mol. The highest BCUT2D eigenvalue weighted by atomic mass is 16.6. The third-order valence-electron chi connectivity index (χ3n) is 11.2. The van der Waals surface area contributed by atoms with Crippen molar-refractivity contribution in [1.29, 1.82) is 0 Å². The Hall–Kier alpha value is -3.15. The van der Waals surface area contributed by atoms with Crippen molar-refractivity contribution in [2.75, 3.05) is 13.2 Å². The maximum absolute atomic E-state index is 12.8. The highest BCUT2D eigenvalue weighted by molar-refractivity contribution is 5.71. The van der Waals surface area contributed by atoms with Crippen molar-refractivity contribution in [2.24, 2.45) is 0 Å². The Morgan fingerprint density at radius 2 is 0.619 bits per heavy atom. The van der Waals surface area contributed by atoms with Gasteiger partial charge in [-0.2, -0.15) is 0 Å². The first-order chi connectivity index (χ1) is 31.0. The summed E-state index contributed by atoms with van der Waals surface area (Å²) >= 11 is 0. The van der Waals surface area contributed by atoms with Crippen LogP contribution < -0.4 is 0 Å². The smallest absolute Gasteiger partial charge is 0.306 e. The van der Waals surface area contributed by atoms with E-state index in [-0.39, 0.29) is 37.5 Å². The van der Waals surface area contributed by atoms with Gasteiger partial charge in [0.25, 0.3) is 0 Å². The topological polar surface area (TPSA) is 78.9 Å². The maximum Gasteiger partial charge on any atom is 0.306 e. The van der Waals surface area contributed by atoms with Crippen molar-refractivity contribution in [3.8, 4) is 0 Å². The Morgan fingerprint density at radius 3 is 0.968 bits per heavy atom. The minimum atomic E-state index is -0.801. The minimum Gasteiger partial charge on any atom is -0.462 e. The Morgan fingerprint density at radius 1 is 0.333 bits per heavy atom. The van der Waals surface area contributed by atoms with Crippen molar-refractivity contribution in [1.82, 2.24) is 0 Å². The Balaban J connectivity index is 4.47. The molecule has 0 spiro atoms. The molecule has 0 fully saturated rings. The molecule has 0 aromatic heterocycles. The number of hydrogen-bond donors (Lipinski definition) is 0. The summed E-state index contributed by atoms with van der Waals surface area (Å²) in [5.74, 6) is -0.977. The molecule has 0 aliphatic heterocycles. The van der Waals surface area contributed by atoms with E-state index in [1.165, 1.54) is 128 Å². The molecule has 0 rings (SSSR count). The summed E-state index contributed by atoms with van der Waals surface area (Å²) in [6.45, 7) is 6.47. The lowest BCUT2D eigenvalue weighted by molar-refractivity contribution is -0.166. The summed E-state index contributed by atoms with van der Waals surface area (Å²) in [5.41, 5.74) is 0. The van der Waals surface area contributed by atoms with Crippen LogP contribution >= 0.6 is 0 Å². The highest BCUT2D eigenvalue weighted by Crippen LogP contribution is 2.15. The van der Waals surface area contributed by atoms with Gasteiger partial charge < -0.3 is 14.2 Å². The molecule has 0 heterocycles. The molecule has 0 amide bonds. The quantitative estimate of drug-likeness (QED) is 0.0262. The molecule has 0 aliphatic rings. The number of esters is 3. The standard InChI is InChI=1S/C57H98O6/c1-4-7-10-13-16-19-22-25-26-27-28-29-30-33-35-38-41-44-47-50-56(59)62-53-54(63-57(60)51-48-45-42-39-36-32-24-21-18-15-12-9-6-3)52-61-55(58)49-46-43-40-37-34-31-23-20-17-14-11-8-5-2/h7,10,16,19,25-26,28-29,33,35,41,44,54H,4-6,8-9,11-15,17-18,20-24,27,30-32,34,36-40,42-43,45-53H2,1-3H3/b10-7+,19-16+,26-25+,29-28+,35-33+,44-41+/t54-/m1/s1. The molecule has 0 bridgehead atoms. The fourth-order valence-corrected chi connectivity index (χ4v) is 7.29. The Labute approximate surface area is 389 Å². The second kappa shape index (κ2) is 51.5. The zero-order valence-electron chi connectivity index (χ0n) is 41.3. The normalized spacial score (nSPS) is 12.6. The summed E-state index contributed by atoms with van der Waals surface area (Å²) in [6.07, 6.45) is 64.7. The van der Waals surface area contributed by atoms with E-state index in [9.17, 15) is 14.4 Å². The van der Waals surface area contributed by atoms with E-state index < -0.39 is 6.10 Å². The largest absolute Gasteiger partial charge is 0.462 e. The van der Waals surface area contributed by atoms with Crippen molar-refractivity contribution in [3.63, 3.8) is 0 Å².